The third-order valence-corrected chi connectivity index (χ3v) is 10.2. The van der Waals surface area contributed by atoms with Gasteiger partial charge in [0.1, 0.15) is 0 Å². The van der Waals surface area contributed by atoms with Crippen molar-refractivity contribution in [3.63, 3.8) is 0 Å². The van der Waals surface area contributed by atoms with Crippen LogP contribution in [-0.4, -0.2) is 75.1 Å². The van der Waals surface area contributed by atoms with E-state index in [1.807, 2.05) is 38.4 Å². The molecule has 1 unspecified atom stereocenters. The molecule has 2 aromatic carbocycles. The van der Waals surface area contributed by atoms with Gasteiger partial charge in [-0.05, 0) is 69.5 Å². The minimum atomic E-state index is -3.57. The van der Waals surface area contributed by atoms with Crippen molar-refractivity contribution in [2.45, 2.75) is 68.3 Å². The third-order valence-electron chi connectivity index (χ3n) is 8.40. The number of likely N-dealkylation sites (N-methyl/N-ethyl adjacent to an activating group) is 1. The van der Waals surface area contributed by atoms with E-state index in [-0.39, 0.29) is 42.8 Å². The van der Waals surface area contributed by atoms with Crippen molar-refractivity contribution in [1.29, 1.82) is 0 Å². The second-order valence-electron chi connectivity index (χ2n) is 11.4. The van der Waals surface area contributed by atoms with E-state index in [1.54, 1.807) is 25.1 Å². The minimum Gasteiger partial charge on any atom is -0.481 e. The van der Waals surface area contributed by atoms with Crippen molar-refractivity contribution in [3.8, 4) is 0 Å². The van der Waals surface area contributed by atoms with Crippen LogP contribution in [0, 0.1) is 5.41 Å². The summed E-state index contributed by atoms with van der Waals surface area (Å²) in [4.78, 5) is 42.3. The third kappa shape index (κ3) is 7.44. The number of carbonyl (C=O) groups is 3. The van der Waals surface area contributed by atoms with Gasteiger partial charge in [-0.2, -0.15) is 0 Å². The van der Waals surface area contributed by atoms with Gasteiger partial charge in [0, 0.05) is 32.5 Å². The number of aliphatic carboxylic acids is 1. The van der Waals surface area contributed by atoms with Crippen LogP contribution < -0.4 is 16.2 Å². The van der Waals surface area contributed by atoms with Crippen molar-refractivity contribution in [1.82, 2.24) is 21.1 Å². The van der Waals surface area contributed by atoms with Crippen LogP contribution in [0.5, 0.6) is 0 Å². The molecule has 2 aromatic rings. The standard InChI is InChI=1S/C31H44N4O6S/c1-5-30(29(38)39,18-9-21-42(40,41)25-10-7-6-8-11-25)19-16-27(36)31(28(37)32-2)26(17-20-33-34-31)24-14-12-23(13-15-24)22-35(3)4/h6-8,10-15,26,33-34H,5,9,16-22H2,1-4H3,(H,32,37)(H,38,39)/t26-,30?,31-/m0/s1. The predicted octanol–water partition coefficient (Wildman–Crippen LogP) is 2.90. The summed E-state index contributed by atoms with van der Waals surface area (Å²) in [5.74, 6) is -2.65. The van der Waals surface area contributed by atoms with Crippen molar-refractivity contribution in [3.05, 3.63) is 65.7 Å². The molecule has 10 nitrogen and oxygen atoms in total. The Hall–Kier alpha value is -3.12. The first-order valence-electron chi connectivity index (χ1n) is 14.4. The van der Waals surface area contributed by atoms with E-state index < -0.39 is 44.4 Å². The first kappa shape index (κ1) is 33.4. The summed E-state index contributed by atoms with van der Waals surface area (Å²) in [6.07, 6.45) is 0.785. The average Bonchev–Trinajstić information content (AvgIpc) is 2.98. The number of ketones is 1. The number of nitrogens with zero attached hydrogens (tertiary/aromatic N) is 1. The largest absolute Gasteiger partial charge is 0.481 e. The summed E-state index contributed by atoms with van der Waals surface area (Å²) < 4.78 is 25.6. The highest BCUT2D eigenvalue weighted by atomic mass is 32.2. The lowest BCUT2D eigenvalue weighted by Gasteiger charge is -2.43. The highest BCUT2D eigenvalue weighted by Gasteiger charge is 2.53. The Kier molecular flexibility index (Phi) is 11.4. The second-order valence-corrected chi connectivity index (χ2v) is 13.5. The van der Waals surface area contributed by atoms with Crippen LogP contribution in [0.4, 0.5) is 0 Å². The fourth-order valence-corrected chi connectivity index (χ4v) is 7.23. The second kappa shape index (κ2) is 14.4. The van der Waals surface area contributed by atoms with Gasteiger partial charge in [-0.25, -0.2) is 13.8 Å². The Morgan fingerprint density at radius 2 is 1.74 bits per heavy atom. The van der Waals surface area contributed by atoms with E-state index >= 15 is 0 Å². The van der Waals surface area contributed by atoms with E-state index in [0.717, 1.165) is 17.7 Å². The Morgan fingerprint density at radius 3 is 2.31 bits per heavy atom. The number of carbonyl (C=O) groups excluding carboxylic acids is 2. The SMILES string of the molecule is CCC(CCCS(=O)(=O)c1ccccc1)(CCC(=O)[C@@]1(C(=O)NC)NNCC[C@H]1c1ccc(CN(C)C)cc1)C(=O)O. The van der Waals surface area contributed by atoms with Crippen molar-refractivity contribution in [2.24, 2.45) is 5.41 Å². The maximum atomic E-state index is 14.1. The topological polar surface area (TPSA) is 145 Å². The van der Waals surface area contributed by atoms with Crippen molar-refractivity contribution in [2.75, 3.05) is 33.4 Å². The molecule has 0 spiro atoms. The molecule has 4 N–H and O–H groups in total. The Bertz CT molecular complexity index is 1330. The number of hydrogen-bond acceptors (Lipinski definition) is 8. The molecule has 0 saturated carbocycles. The number of Topliss-reactive ketones (excluding diaryl/α,β-unsaturated/α-hetero) is 1. The molecule has 1 aliphatic heterocycles. The van der Waals surface area contributed by atoms with Crippen LogP contribution in [0.3, 0.4) is 0 Å². The lowest BCUT2D eigenvalue weighted by molar-refractivity contribution is -0.150. The molecule has 1 amide bonds. The van der Waals surface area contributed by atoms with E-state index in [9.17, 15) is 27.9 Å². The zero-order chi connectivity index (χ0) is 31.0. The summed E-state index contributed by atoms with van der Waals surface area (Å²) in [6, 6.07) is 15.9. The van der Waals surface area contributed by atoms with Gasteiger partial charge in [0.25, 0.3) is 0 Å². The van der Waals surface area contributed by atoms with Gasteiger partial charge in [-0.3, -0.25) is 19.8 Å². The van der Waals surface area contributed by atoms with Crippen LogP contribution in [0.15, 0.2) is 59.5 Å². The smallest absolute Gasteiger partial charge is 0.309 e. The molecular weight excluding hydrogens is 556 g/mol. The highest BCUT2D eigenvalue weighted by Crippen LogP contribution is 2.39. The molecule has 0 aromatic heterocycles. The van der Waals surface area contributed by atoms with Gasteiger partial charge < -0.3 is 15.3 Å². The molecule has 1 aliphatic rings. The summed E-state index contributed by atoms with van der Waals surface area (Å²) in [5, 5.41) is 12.9. The minimum absolute atomic E-state index is 0.0159. The summed E-state index contributed by atoms with van der Waals surface area (Å²) in [7, 11) is 1.87. The molecule has 3 rings (SSSR count). The number of amides is 1. The first-order valence-corrected chi connectivity index (χ1v) is 16.1. The fourth-order valence-electron chi connectivity index (χ4n) is 5.90. The lowest BCUT2D eigenvalue weighted by atomic mass is 9.69. The summed E-state index contributed by atoms with van der Waals surface area (Å²) in [5.41, 5.74) is 4.99. The van der Waals surface area contributed by atoms with Crippen LogP contribution >= 0.6 is 0 Å². The van der Waals surface area contributed by atoms with Gasteiger partial charge in [0.2, 0.25) is 5.91 Å². The van der Waals surface area contributed by atoms with Crippen LogP contribution in [0.1, 0.15) is 62.5 Å². The number of carboxylic acid groups (broad SMARTS) is 1. The zero-order valence-electron chi connectivity index (χ0n) is 25.0. The molecule has 1 heterocycles. The molecule has 0 bridgehead atoms. The average molecular weight is 601 g/mol. The molecular formula is C31H44N4O6S. The van der Waals surface area contributed by atoms with Gasteiger partial charge in [-0.1, -0.05) is 49.4 Å². The van der Waals surface area contributed by atoms with Crippen LogP contribution in [0.25, 0.3) is 0 Å². The van der Waals surface area contributed by atoms with Crippen LogP contribution in [0.2, 0.25) is 0 Å². The van der Waals surface area contributed by atoms with E-state index in [1.165, 1.54) is 19.2 Å². The van der Waals surface area contributed by atoms with Crippen molar-refractivity contribution < 1.29 is 27.9 Å². The molecule has 1 fully saturated rings. The summed E-state index contributed by atoms with van der Waals surface area (Å²) in [6.45, 7) is 3.03. The summed E-state index contributed by atoms with van der Waals surface area (Å²) >= 11 is 0. The Balaban J connectivity index is 1.83. The highest BCUT2D eigenvalue weighted by molar-refractivity contribution is 7.91. The van der Waals surface area contributed by atoms with Gasteiger partial charge >= 0.3 is 5.97 Å². The van der Waals surface area contributed by atoms with Gasteiger partial charge in [-0.15, -0.1) is 0 Å². The molecule has 3 atom stereocenters. The van der Waals surface area contributed by atoms with Gasteiger partial charge in [0.15, 0.2) is 21.2 Å². The van der Waals surface area contributed by atoms with Crippen LogP contribution in [-0.2, 0) is 30.8 Å². The number of nitrogens with one attached hydrogen (secondary N) is 3. The number of rotatable bonds is 15. The zero-order valence-corrected chi connectivity index (χ0v) is 25.8. The maximum Gasteiger partial charge on any atom is 0.309 e. The monoisotopic (exact) mass is 600 g/mol. The van der Waals surface area contributed by atoms with E-state index in [0.29, 0.717) is 13.0 Å². The molecule has 11 heteroatoms. The number of benzene rings is 2. The molecule has 0 radical (unpaired) electrons. The molecule has 0 aliphatic carbocycles. The predicted molar refractivity (Wildman–Crippen MR) is 161 cm³/mol. The molecule has 1 saturated heterocycles. The van der Waals surface area contributed by atoms with E-state index in [4.69, 9.17) is 0 Å². The number of sulfone groups is 1. The number of carboxylic acids is 1. The molecule has 42 heavy (non-hydrogen) atoms. The normalized spacial score (nSPS) is 20.5. The Labute approximate surface area is 249 Å². The Morgan fingerprint density at radius 1 is 1.07 bits per heavy atom. The fraction of sp³-hybridized carbons (Fsp3) is 0.516. The van der Waals surface area contributed by atoms with Gasteiger partial charge in [0.05, 0.1) is 16.1 Å². The molecule has 230 valence electrons. The number of hydrogen-bond donors (Lipinski definition) is 4. The lowest BCUT2D eigenvalue weighted by Crippen LogP contribution is -2.71. The van der Waals surface area contributed by atoms with Crippen molar-refractivity contribution >= 4 is 27.5 Å². The maximum absolute atomic E-state index is 14.1. The number of hydrazine groups is 1. The quantitative estimate of drug-likeness (QED) is 0.227. The van der Waals surface area contributed by atoms with E-state index in [2.05, 4.69) is 21.1 Å². The first-order chi connectivity index (χ1) is 19.9.